The molecule has 0 N–H and O–H groups in total. The molecule has 1 aliphatic heterocycles. The summed E-state index contributed by atoms with van der Waals surface area (Å²) in [5.41, 5.74) is -0.212. The molecule has 0 radical (unpaired) electrons. The third-order valence-electron chi connectivity index (χ3n) is 4.51. The fourth-order valence-corrected chi connectivity index (χ4v) is 3.63. The Morgan fingerprint density at radius 1 is 1.29 bits per heavy atom. The van der Waals surface area contributed by atoms with Gasteiger partial charge >= 0.3 is 0 Å². The topological polar surface area (TPSA) is 36.3 Å². The van der Waals surface area contributed by atoms with Crippen molar-refractivity contribution >= 4 is 0 Å². The van der Waals surface area contributed by atoms with Crippen molar-refractivity contribution in [3.63, 3.8) is 0 Å². The third kappa shape index (κ3) is 2.34. The predicted octanol–water partition coefficient (Wildman–Crippen LogP) is 2.43. The molecule has 1 heterocycles. The summed E-state index contributed by atoms with van der Waals surface area (Å²) in [5.74, 6) is 1.12. The lowest BCUT2D eigenvalue weighted by atomic mass is 9.67. The number of hydrogen-bond donors (Lipinski definition) is 0. The van der Waals surface area contributed by atoms with Crippen LogP contribution < -0.4 is 0 Å². The maximum atomic E-state index is 9.78. The van der Waals surface area contributed by atoms with Crippen LogP contribution in [-0.2, 0) is 4.74 Å². The lowest BCUT2D eigenvalue weighted by Crippen LogP contribution is -2.59. The number of rotatable bonds is 2. The minimum absolute atomic E-state index is 0.212. The van der Waals surface area contributed by atoms with E-state index in [0.717, 1.165) is 32.7 Å². The summed E-state index contributed by atoms with van der Waals surface area (Å²) in [6, 6.07) is 2.69. The van der Waals surface area contributed by atoms with Gasteiger partial charge in [-0.2, -0.15) is 5.26 Å². The van der Waals surface area contributed by atoms with Crippen molar-refractivity contribution in [3.05, 3.63) is 0 Å². The first-order chi connectivity index (χ1) is 8.20. The van der Waals surface area contributed by atoms with E-state index in [9.17, 15) is 5.26 Å². The molecular formula is C14H24N2O. The van der Waals surface area contributed by atoms with Gasteiger partial charge in [0.1, 0.15) is 5.54 Å². The largest absolute Gasteiger partial charge is 0.379 e. The number of hydrogen-bond acceptors (Lipinski definition) is 3. The van der Waals surface area contributed by atoms with Gasteiger partial charge in [-0.25, -0.2) is 0 Å². The monoisotopic (exact) mass is 236 g/mol. The number of ether oxygens (including phenoxy) is 1. The van der Waals surface area contributed by atoms with E-state index >= 15 is 0 Å². The Balaban J connectivity index is 2.22. The van der Waals surface area contributed by atoms with Crippen LogP contribution in [0.15, 0.2) is 0 Å². The van der Waals surface area contributed by atoms with E-state index in [1.54, 1.807) is 0 Å². The molecule has 0 amide bonds. The van der Waals surface area contributed by atoms with Crippen LogP contribution in [0.1, 0.15) is 39.5 Å². The van der Waals surface area contributed by atoms with Crippen LogP contribution in [0.3, 0.4) is 0 Å². The summed E-state index contributed by atoms with van der Waals surface area (Å²) >= 11 is 0. The second-order valence-electron chi connectivity index (χ2n) is 5.73. The van der Waals surface area contributed by atoms with Gasteiger partial charge in [0.25, 0.3) is 0 Å². The SMILES string of the molecule is CC(C)C1CCCCC1(C#N)N1CCOCC1. The van der Waals surface area contributed by atoms with Crippen LogP contribution in [0.4, 0.5) is 0 Å². The number of nitriles is 1. The van der Waals surface area contributed by atoms with E-state index in [4.69, 9.17) is 4.74 Å². The first kappa shape index (κ1) is 12.9. The third-order valence-corrected chi connectivity index (χ3v) is 4.51. The van der Waals surface area contributed by atoms with Gasteiger partial charge in [-0.3, -0.25) is 4.90 Å². The maximum Gasteiger partial charge on any atom is 0.112 e. The van der Waals surface area contributed by atoms with Crippen molar-refractivity contribution in [1.29, 1.82) is 5.26 Å². The maximum absolute atomic E-state index is 9.78. The fourth-order valence-electron chi connectivity index (χ4n) is 3.63. The molecule has 0 aromatic rings. The molecule has 2 aliphatic rings. The summed E-state index contributed by atoms with van der Waals surface area (Å²) in [6.45, 7) is 7.96. The summed E-state index contributed by atoms with van der Waals surface area (Å²) in [6.07, 6.45) is 4.75. The van der Waals surface area contributed by atoms with Crippen LogP contribution >= 0.6 is 0 Å². The zero-order chi connectivity index (χ0) is 12.3. The summed E-state index contributed by atoms with van der Waals surface area (Å²) in [4.78, 5) is 2.40. The van der Waals surface area contributed by atoms with E-state index in [0.29, 0.717) is 11.8 Å². The lowest BCUT2D eigenvalue weighted by molar-refractivity contribution is -0.0461. The van der Waals surface area contributed by atoms with Gasteiger partial charge in [-0.1, -0.05) is 26.7 Å². The average molecular weight is 236 g/mol. The molecule has 17 heavy (non-hydrogen) atoms. The van der Waals surface area contributed by atoms with E-state index in [1.807, 2.05) is 0 Å². The molecule has 0 bridgehead atoms. The molecular weight excluding hydrogens is 212 g/mol. The molecule has 2 unspecified atom stereocenters. The summed E-state index contributed by atoms with van der Waals surface area (Å²) in [5, 5.41) is 9.78. The summed E-state index contributed by atoms with van der Waals surface area (Å²) < 4.78 is 5.42. The Kier molecular flexibility index (Phi) is 4.06. The van der Waals surface area contributed by atoms with Crippen LogP contribution in [0.25, 0.3) is 0 Å². The van der Waals surface area contributed by atoms with Gasteiger partial charge < -0.3 is 4.74 Å². The van der Waals surface area contributed by atoms with Crippen molar-refractivity contribution < 1.29 is 4.74 Å². The highest BCUT2D eigenvalue weighted by Gasteiger charge is 2.47. The predicted molar refractivity (Wildman–Crippen MR) is 67.5 cm³/mol. The van der Waals surface area contributed by atoms with Crippen LogP contribution in [0.2, 0.25) is 0 Å². The second kappa shape index (κ2) is 5.37. The molecule has 0 aromatic carbocycles. The first-order valence-corrected chi connectivity index (χ1v) is 6.95. The van der Waals surface area contributed by atoms with Gasteiger partial charge in [-0.15, -0.1) is 0 Å². The standard InChI is InChI=1S/C14H24N2O/c1-12(2)13-5-3-4-6-14(13,11-15)16-7-9-17-10-8-16/h12-13H,3-10H2,1-2H3. The Labute approximate surface area is 105 Å². The molecule has 1 aliphatic carbocycles. The van der Waals surface area contributed by atoms with Crippen molar-refractivity contribution in [2.75, 3.05) is 26.3 Å². The van der Waals surface area contributed by atoms with Crippen molar-refractivity contribution in [2.24, 2.45) is 11.8 Å². The van der Waals surface area contributed by atoms with Crippen LogP contribution in [0, 0.1) is 23.2 Å². The van der Waals surface area contributed by atoms with E-state index in [1.165, 1.54) is 19.3 Å². The van der Waals surface area contributed by atoms with Crippen molar-refractivity contribution in [1.82, 2.24) is 4.90 Å². The Morgan fingerprint density at radius 2 is 2.00 bits per heavy atom. The average Bonchev–Trinajstić information content (AvgIpc) is 2.39. The zero-order valence-electron chi connectivity index (χ0n) is 11.1. The smallest absolute Gasteiger partial charge is 0.112 e. The molecule has 2 fully saturated rings. The molecule has 1 saturated heterocycles. The second-order valence-corrected chi connectivity index (χ2v) is 5.73. The molecule has 0 aromatic heterocycles. The first-order valence-electron chi connectivity index (χ1n) is 6.95. The normalized spacial score (nSPS) is 35.8. The van der Waals surface area contributed by atoms with Crippen molar-refractivity contribution in [2.45, 2.75) is 45.1 Å². The molecule has 1 saturated carbocycles. The van der Waals surface area contributed by atoms with E-state index < -0.39 is 0 Å². The van der Waals surface area contributed by atoms with Gasteiger partial charge in [0.05, 0.1) is 19.3 Å². The Morgan fingerprint density at radius 3 is 2.59 bits per heavy atom. The molecule has 0 spiro atoms. The molecule has 2 rings (SSSR count). The van der Waals surface area contributed by atoms with Crippen LogP contribution in [-0.4, -0.2) is 36.7 Å². The lowest BCUT2D eigenvalue weighted by Gasteiger charge is -2.49. The highest BCUT2D eigenvalue weighted by molar-refractivity contribution is 5.14. The molecule has 3 heteroatoms. The minimum atomic E-state index is -0.212. The van der Waals surface area contributed by atoms with Gasteiger partial charge in [0, 0.05) is 13.1 Å². The highest BCUT2D eigenvalue weighted by Crippen LogP contribution is 2.42. The van der Waals surface area contributed by atoms with Gasteiger partial charge in [0.2, 0.25) is 0 Å². The Bertz CT molecular complexity index is 291. The highest BCUT2D eigenvalue weighted by atomic mass is 16.5. The molecule has 3 nitrogen and oxygen atoms in total. The van der Waals surface area contributed by atoms with Crippen LogP contribution in [0.5, 0.6) is 0 Å². The molecule has 96 valence electrons. The summed E-state index contributed by atoms with van der Waals surface area (Å²) in [7, 11) is 0. The Hall–Kier alpha value is -0.590. The number of nitrogens with zero attached hydrogens (tertiary/aromatic N) is 2. The quantitative estimate of drug-likeness (QED) is 0.739. The van der Waals surface area contributed by atoms with Crippen molar-refractivity contribution in [3.8, 4) is 6.07 Å². The van der Waals surface area contributed by atoms with Gasteiger partial charge in [0.15, 0.2) is 0 Å². The van der Waals surface area contributed by atoms with E-state index in [2.05, 4.69) is 24.8 Å². The van der Waals surface area contributed by atoms with E-state index in [-0.39, 0.29) is 5.54 Å². The molecule has 2 atom stereocenters. The van der Waals surface area contributed by atoms with Gasteiger partial charge in [-0.05, 0) is 24.7 Å². The zero-order valence-corrected chi connectivity index (χ0v) is 11.1. The minimum Gasteiger partial charge on any atom is -0.379 e. The fraction of sp³-hybridized carbons (Fsp3) is 0.929. The number of morpholine rings is 1.